The van der Waals surface area contributed by atoms with Crippen LogP contribution in [-0.4, -0.2) is 53.4 Å². The zero-order chi connectivity index (χ0) is 12.7. The van der Waals surface area contributed by atoms with E-state index in [4.69, 9.17) is 5.11 Å². The summed E-state index contributed by atoms with van der Waals surface area (Å²) in [6.45, 7) is 1.47. The van der Waals surface area contributed by atoms with Gasteiger partial charge in [-0.2, -0.15) is 0 Å². The Morgan fingerprint density at radius 3 is 2.06 bits per heavy atom. The predicted molar refractivity (Wildman–Crippen MR) is 50.3 cm³/mol. The number of hydrogen-bond acceptors (Lipinski definition) is 7. The van der Waals surface area contributed by atoms with Crippen LogP contribution < -0.4 is 0 Å². The van der Waals surface area contributed by atoms with Crippen molar-refractivity contribution in [1.29, 1.82) is 0 Å². The number of rotatable bonds is 6. The van der Waals surface area contributed by atoms with Crippen molar-refractivity contribution < 1.29 is 34.1 Å². The molecule has 3 atom stereocenters. The molecule has 0 amide bonds. The second kappa shape index (κ2) is 6.91. The van der Waals surface area contributed by atoms with Crippen LogP contribution in [0, 0.1) is 0 Å². The van der Waals surface area contributed by atoms with Crippen molar-refractivity contribution in [2.45, 2.75) is 32.2 Å². The van der Waals surface area contributed by atoms with Crippen LogP contribution in [0.4, 0.5) is 0 Å². The topological polar surface area (TPSA) is 110 Å². The highest BCUT2D eigenvalue weighted by Gasteiger charge is 2.33. The molecule has 0 unspecified atom stereocenters. The zero-order valence-electron chi connectivity index (χ0n) is 8.95. The van der Waals surface area contributed by atoms with E-state index in [-0.39, 0.29) is 6.29 Å². The van der Waals surface area contributed by atoms with Gasteiger partial charge >= 0.3 is 11.9 Å². The van der Waals surface area contributed by atoms with E-state index < -0.39 is 36.9 Å². The molecule has 0 saturated carbocycles. The van der Waals surface area contributed by atoms with Crippen molar-refractivity contribution >= 4 is 18.2 Å². The third kappa shape index (κ3) is 4.85. The molecule has 0 rings (SSSR count). The third-order valence-electron chi connectivity index (χ3n) is 1.64. The van der Waals surface area contributed by atoms with Gasteiger partial charge in [-0.25, -0.2) is 0 Å². The maximum Gasteiger partial charge on any atom is 0.303 e. The lowest BCUT2D eigenvalue weighted by atomic mass is 10.1. The summed E-state index contributed by atoms with van der Waals surface area (Å²) in [5.41, 5.74) is 0. The molecule has 7 heteroatoms. The lowest BCUT2D eigenvalue weighted by Gasteiger charge is -2.25. The first kappa shape index (κ1) is 14.5. The second-order valence-corrected chi connectivity index (χ2v) is 3.03. The molecule has 0 aliphatic rings. The molecule has 0 saturated heterocycles. The average molecular weight is 234 g/mol. The summed E-state index contributed by atoms with van der Waals surface area (Å²) in [6.07, 6.45) is -4.23. The summed E-state index contributed by atoms with van der Waals surface area (Å²) in [7, 11) is 0. The molecule has 0 aliphatic heterocycles. The van der Waals surface area contributed by atoms with E-state index >= 15 is 0 Å². The quantitative estimate of drug-likeness (QED) is 0.420. The minimum Gasteiger partial charge on any atom is -0.456 e. The Bertz CT molecular complexity index is 263. The SMILES string of the molecule is CC(=O)O[C@H]([C@@H](O)C=O)[C@@H](CO)OC(C)=O. The first-order chi connectivity index (χ1) is 7.42. The van der Waals surface area contributed by atoms with Crippen molar-refractivity contribution in [2.75, 3.05) is 6.61 Å². The summed E-state index contributed by atoms with van der Waals surface area (Å²) in [5, 5.41) is 18.1. The van der Waals surface area contributed by atoms with Gasteiger partial charge in [-0.15, -0.1) is 0 Å². The first-order valence-electron chi connectivity index (χ1n) is 4.51. The van der Waals surface area contributed by atoms with E-state index in [0.717, 1.165) is 13.8 Å². The van der Waals surface area contributed by atoms with Crippen molar-refractivity contribution in [2.24, 2.45) is 0 Å². The van der Waals surface area contributed by atoms with E-state index in [0.29, 0.717) is 0 Å². The van der Waals surface area contributed by atoms with Crippen LogP contribution in [0.25, 0.3) is 0 Å². The Kier molecular flexibility index (Phi) is 6.28. The summed E-state index contributed by atoms with van der Waals surface area (Å²) < 4.78 is 9.20. The molecule has 0 heterocycles. The molecule has 0 aliphatic carbocycles. The fourth-order valence-electron chi connectivity index (χ4n) is 1.06. The lowest BCUT2D eigenvalue weighted by Crippen LogP contribution is -2.45. The van der Waals surface area contributed by atoms with Gasteiger partial charge in [0.2, 0.25) is 0 Å². The number of esters is 2. The summed E-state index contributed by atoms with van der Waals surface area (Å²) in [4.78, 5) is 31.8. The molecule has 0 radical (unpaired) electrons. The van der Waals surface area contributed by atoms with Gasteiger partial charge in [0.25, 0.3) is 0 Å². The third-order valence-corrected chi connectivity index (χ3v) is 1.64. The number of aldehydes is 1. The van der Waals surface area contributed by atoms with Crippen LogP contribution in [0.3, 0.4) is 0 Å². The Balaban J connectivity index is 4.73. The highest BCUT2D eigenvalue weighted by atomic mass is 16.6. The van der Waals surface area contributed by atoms with Gasteiger partial charge in [0.15, 0.2) is 18.5 Å². The van der Waals surface area contributed by atoms with Crippen molar-refractivity contribution in [1.82, 2.24) is 0 Å². The average Bonchev–Trinajstić information content (AvgIpc) is 2.21. The molecule has 16 heavy (non-hydrogen) atoms. The van der Waals surface area contributed by atoms with Gasteiger partial charge in [0.05, 0.1) is 6.61 Å². The van der Waals surface area contributed by atoms with Gasteiger partial charge in [0.1, 0.15) is 6.10 Å². The van der Waals surface area contributed by atoms with Crippen molar-refractivity contribution in [3.63, 3.8) is 0 Å². The normalized spacial score (nSPS) is 15.8. The highest BCUT2D eigenvalue weighted by molar-refractivity contribution is 5.68. The summed E-state index contributed by atoms with van der Waals surface area (Å²) in [6, 6.07) is 0. The van der Waals surface area contributed by atoms with E-state index in [2.05, 4.69) is 9.47 Å². The molecule has 0 fully saturated rings. The molecule has 0 aromatic carbocycles. The van der Waals surface area contributed by atoms with E-state index in [9.17, 15) is 19.5 Å². The number of aliphatic hydroxyl groups excluding tert-OH is 2. The van der Waals surface area contributed by atoms with Crippen LogP contribution in [0.15, 0.2) is 0 Å². The summed E-state index contributed by atoms with van der Waals surface area (Å²) in [5.74, 6) is -1.49. The Hall–Kier alpha value is -1.47. The Morgan fingerprint density at radius 2 is 1.75 bits per heavy atom. The first-order valence-corrected chi connectivity index (χ1v) is 4.51. The van der Waals surface area contributed by atoms with Crippen LogP contribution in [0.5, 0.6) is 0 Å². The number of ether oxygens (including phenoxy) is 2. The largest absolute Gasteiger partial charge is 0.456 e. The van der Waals surface area contributed by atoms with Crippen LogP contribution in [-0.2, 0) is 23.9 Å². The maximum atomic E-state index is 10.7. The predicted octanol–water partition coefficient (Wildman–Crippen LogP) is -1.60. The molecular formula is C9H14O7. The molecule has 0 spiro atoms. The van der Waals surface area contributed by atoms with Gasteiger partial charge in [0, 0.05) is 13.8 Å². The molecule has 2 N–H and O–H groups in total. The summed E-state index contributed by atoms with van der Waals surface area (Å²) >= 11 is 0. The Morgan fingerprint density at radius 1 is 1.25 bits per heavy atom. The molecule has 0 aromatic rings. The van der Waals surface area contributed by atoms with Crippen LogP contribution in [0.1, 0.15) is 13.8 Å². The van der Waals surface area contributed by atoms with E-state index in [1.165, 1.54) is 0 Å². The van der Waals surface area contributed by atoms with E-state index in [1.54, 1.807) is 0 Å². The van der Waals surface area contributed by atoms with Gasteiger partial charge in [-0.1, -0.05) is 0 Å². The van der Waals surface area contributed by atoms with Crippen LogP contribution >= 0.6 is 0 Å². The van der Waals surface area contributed by atoms with E-state index in [1.807, 2.05) is 0 Å². The second-order valence-electron chi connectivity index (χ2n) is 3.03. The zero-order valence-corrected chi connectivity index (χ0v) is 8.95. The minimum atomic E-state index is -1.67. The Labute approximate surface area is 92.0 Å². The molecular weight excluding hydrogens is 220 g/mol. The number of carbonyl (C=O) groups is 3. The number of aliphatic hydroxyl groups is 2. The van der Waals surface area contributed by atoms with Gasteiger partial charge in [-0.05, 0) is 0 Å². The standard InChI is InChI=1S/C9H14O7/c1-5(12)15-8(4-11)9(7(14)3-10)16-6(2)13/h3,7-9,11,14H,4H2,1-2H3/t7-,8+,9+/m0/s1. The fourth-order valence-corrected chi connectivity index (χ4v) is 1.06. The van der Waals surface area contributed by atoms with Crippen molar-refractivity contribution in [3.8, 4) is 0 Å². The fraction of sp³-hybridized carbons (Fsp3) is 0.667. The maximum absolute atomic E-state index is 10.7. The van der Waals surface area contributed by atoms with Crippen molar-refractivity contribution in [3.05, 3.63) is 0 Å². The van der Waals surface area contributed by atoms with Gasteiger partial charge in [-0.3, -0.25) is 9.59 Å². The minimum absolute atomic E-state index is 0.125. The number of hydrogen-bond donors (Lipinski definition) is 2. The molecule has 0 aromatic heterocycles. The van der Waals surface area contributed by atoms with Crippen LogP contribution in [0.2, 0.25) is 0 Å². The highest BCUT2D eigenvalue weighted by Crippen LogP contribution is 2.09. The monoisotopic (exact) mass is 234 g/mol. The molecule has 92 valence electrons. The number of carbonyl (C=O) groups excluding carboxylic acids is 3. The molecule has 0 bridgehead atoms. The smallest absolute Gasteiger partial charge is 0.303 e. The van der Waals surface area contributed by atoms with Gasteiger partial charge < -0.3 is 24.5 Å². The lowest BCUT2D eigenvalue weighted by molar-refractivity contribution is -0.178. The molecule has 7 nitrogen and oxygen atoms in total.